The average Bonchev–Trinajstić information content (AvgIpc) is 2.72. The number of benzene rings is 1. The molecule has 1 aliphatic heterocycles. The van der Waals surface area contributed by atoms with E-state index < -0.39 is 18.2 Å². The van der Waals surface area contributed by atoms with E-state index in [1.54, 1.807) is 6.07 Å². The molecule has 0 radical (unpaired) electrons. The topological polar surface area (TPSA) is 27.7 Å². The molecule has 0 amide bonds. The maximum atomic E-state index is 14.1. The Hall–Kier alpha value is -0.980. The predicted octanol–water partition coefficient (Wildman–Crippen LogP) is 6.61. The molecule has 1 aliphatic carbocycles. The Kier molecular flexibility index (Phi) is 8.51. The van der Waals surface area contributed by atoms with Crippen LogP contribution in [-0.4, -0.2) is 26.1 Å². The lowest BCUT2D eigenvalue weighted by molar-refractivity contribution is -0.230. The number of rotatable bonds is 8. The van der Waals surface area contributed by atoms with E-state index in [-0.39, 0.29) is 11.3 Å². The quantitative estimate of drug-likeness (QED) is 0.460. The van der Waals surface area contributed by atoms with Gasteiger partial charge in [0.25, 0.3) is 0 Å². The highest BCUT2D eigenvalue weighted by Gasteiger charge is 2.32. The molecule has 1 aromatic rings. The lowest BCUT2D eigenvalue weighted by Crippen LogP contribution is -2.38. The molecule has 29 heavy (non-hydrogen) atoms. The molecule has 1 saturated heterocycles. The second-order valence-electron chi connectivity index (χ2n) is 8.24. The molecule has 0 atom stereocenters. The van der Waals surface area contributed by atoms with Crippen LogP contribution in [0.1, 0.15) is 57.4 Å². The van der Waals surface area contributed by atoms with Crippen LogP contribution in [-0.2, 0) is 15.9 Å². The average molecular weight is 435 g/mol. The van der Waals surface area contributed by atoms with Crippen molar-refractivity contribution < 1.29 is 27.4 Å². The Morgan fingerprint density at radius 2 is 1.76 bits per heavy atom. The molecule has 164 valence electrons. The molecular formula is C22H30ClF3O3. The van der Waals surface area contributed by atoms with E-state index in [0.29, 0.717) is 29.7 Å². The molecule has 1 heterocycles. The summed E-state index contributed by atoms with van der Waals surface area (Å²) >= 11 is 5.71. The molecule has 2 aliphatic rings. The van der Waals surface area contributed by atoms with Gasteiger partial charge in [0.15, 0.2) is 17.9 Å². The van der Waals surface area contributed by atoms with Crippen LogP contribution >= 0.6 is 11.6 Å². The van der Waals surface area contributed by atoms with Crippen molar-refractivity contribution in [3.8, 4) is 5.75 Å². The minimum atomic E-state index is -3.08. The highest BCUT2D eigenvalue weighted by atomic mass is 35.5. The van der Waals surface area contributed by atoms with Gasteiger partial charge in [-0.05, 0) is 62.5 Å². The normalized spacial score (nSPS) is 27.9. The fraction of sp³-hybridized carbons (Fsp3) is 0.727. The third kappa shape index (κ3) is 6.25. The van der Waals surface area contributed by atoms with Crippen LogP contribution in [0.5, 0.6) is 5.75 Å². The van der Waals surface area contributed by atoms with Crippen molar-refractivity contribution in [2.75, 3.05) is 13.2 Å². The predicted molar refractivity (Wildman–Crippen MR) is 106 cm³/mol. The zero-order chi connectivity index (χ0) is 20.8. The lowest BCUT2D eigenvalue weighted by atomic mass is 9.79. The molecule has 0 N–H and O–H groups in total. The molecule has 0 bridgehead atoms. The van der Waals surface area contributed by atoms with Gasteiger partial charge in [0, 0.05) is 11.8 Å². The molecule has 0 spiro atoms. The van der Waals surface area contributed by atoms with Gasteiger partial charge in [0.05, 0.1) is 18.2 Å². The fourth-order valence-corrected chi connectivity index (χ4v) is 4.65. The second kappa shape index (κ2) is 10.9. The first-order valence-corrected chi connectivity index (χ1v) is 11.0. The van der Waals surface area contributed by atoms with E-state index >= 15 is 0 Å². The monoisotopic (exact) mass is 434 g/mol. The maximum Gasteiger partial charge on any atom is 0.387 e. The smallest absolute Gasteiger partial charge is 0.387 e. The van der Waals surface area contributed by atoms with Crippen molar-refractivity contribution >= 4 is 11.6 Å². The summed E-state index contributed by atoms with van der Waals surface area (Å²) in [5.74, 6) is 0.0605. The minimum absolute atomic E-state index is 0.0968. The number of hydrogen-bond acceptors (Lipinski definition) is 3. The Morgan fingerprint density at radius 1 is 1.07 bits per heavy atom. The van der Waals surface area contributed by atoms with E-state index in [1.807, 2.05) is 0 Å². The van der Waals surface area contributed by atoms with Gasteiger partial charge >= 0.3 is 6.61 Å². The molecule has 0 unspecified atom stereocenters. The first-order valence-electron chi connectivity index (χ1n) is 10.6. The SMILES string of the molecule is CCCC1COC(C2CCC(CCc3ccc(Cl)c(F)c3OC(F)F)CC2)OC1. The second-order valence-corrected chi connectivity index (χ2v) is 8.64. The molecule has 1 aromatic carbocycles. The summed E-state index contributed by atoms with van der Waals surface area (Å²) in [6.07, 6.45) is 7.61. The first kappa shape index (κ1) is 22.7. The molecule has 7 heteroatoms. The van der Waals surface area contributed by atoms with Gasteiger partial charge in [-0.1, -0.05) is 31.0 Å². The van der Waals surface area contributed by atoms with Crippen LogP contribution in [0, 0.1) is 23.6 Å². The summed E-state index contributed by atoms with van der Waals surface area (Å²) in [6, 6.07) is 2.97. The van der Waals surface area contributed by atoms with E-state index in [1.165, 1.54) is 6.07 Å². The minimum Gasteiger partial charge on any atom is -0.431 e. The van der Waals surface area contributed by atoms with E-state index in [9.17, 15) is 13.2 Å². The molecule has 0 aromatic heterocycles. The molecule has 1 saturated carbocycles. The molecule has 3 rings (SSSR count). The summed E-state index contributed by atoms with van der Waals surface area (Å²) in [6.45, 7) is 0.666. The lowest BCUT2D eigenvalue weighted by Gasteiger charge is -2.37. The number of hydrogen-bond donors (Lipinski definition) is 0. The van der Waals surface area contributed by atoms with Gasteiger partial charge in [-0.3, -0.25) is 0 Å². The Balaban J connectivity index is 1.47. The summed E-state index contributed by atoms with van der Waals surface area (Å²) in [5.41, 5.74) is 0.440. The van der Waals surface area contributed by atoms with E-state index in [0.717, 1.165) is 58.2 Å². The molecular weight excluding hydrogens is 405 g/mol. The van der Waals surface area contributed by atoms with Gasteiger partial charge in [0.2, 0.25) is 0 Å². The largest absolute Gasteiger partial charge is 0.431 e. The van der Waals surface area contributed by atoms with Crippen LogP contribution in [0.15, 0.2) is 12.1 Å². The zero-order valence-corrected chi connectivity index (χ0v) is 17.6. The van der Waals surface area contributed by atoms with Crippen molar-refractivity contribution in [3.63, 3.8) is 0 Å². The number of halogens is 4. The van der Waals surface area contributed by atoms with Crippen LogP contribution in [0.4, 0.5) is 13.2 Å². The summed E-state index contributed by atoms with van der Waals surface area (Å²) in [7, 11) is 0. The fourth-order valence-electron chi connectivity index (χ4n) is 4.50. The Bertz CT molecular complexity index is 642. The third-order valence-electron chi connectivity index (χ3n) is 6.13. The van der Waals surface area contributed by atoms with Gasteiger partial charge in [-0.2, -0.15) is 8.78 Å². The molecule has 2 fully saturated rings. The number of ether oxygens (including phenoxy) is 3. The zero-order valence-electron chi connectivity index (χ0n) is 16.8. The van der Waals surface area contributed by atoms with Gasteiger partial charge in [-0.15, -0.1) is 0 Å². The van der Waals surface area contributed by atoms with Crippen LogP contribution in [0.25, 0.3) is 0 Å². The van der Waals surface area contributed by atoms with E-state index in [2.05, 4.69) is 11.7 Å². The van der Waals surface area contributed by atoms with Crippen LogP contribution in [0.2, 0.25) is 5.02 Å². The summed E-state index contributed by atoms with van der Waals surface area (Å²) in [5, 5.41) is -0.210. The maximum absolute atomic E-state index is 14.1. The summed E-state index contributed by atoms with van der Waals surface area (Å²) < 4.78 is 55.7. The summed E-state index contributed by atoms with van der Waals surface area (Å²) in [4.78, 5) is 0. The number of aryl methyl sites for hydroxylation is 1. The van der Waals surface area contributed by atoms with Gasteiger partial charge in [0.1, 0.15) is 0 Å². The Morgan fingerprint density at radius 3 is 2.38 bits per heavy atom. The highest BCUT2D eigenvalue weighted by Crippen LogP contribution is 2.37. The third-order valence-corrected chi connectivity index (χ3v) is 6.42. The number of alkyl halides is 2. The van der Waals surface area contributed by atoms with Gasteiger partial charge in [-0.25, -0.2) is 4.39 Å². The van der Waals surface area contributed by atoms with Crippen LogP contribution in [0.3, 0.4) is 0 Å². The van der Waals surface area contributed by atoms with Crippen molar-refractivity contribution in [2.45, 2.75) is 71.2 Å². The first-order chi connectivity index (χ1) is 14.0. The highest BCUT2D eigenvalue weighted by molar-refractivity contribution is 6.30. The Labute approximate surface area is 175 Å². The standard InChI is InChI=1S/C22H30ClF3O3/c1-2-3-15-12-27-21(28-13-15)17-8-5-14(6-9-17)4-7-16-10-11-18(23)19(24)20(16)29-22(25)26/h10-11,14-15,17,21-22H,2-9,12-13H2,1H3. The van der Waals surface area contributed by atoms with Crippen molar-refractivity contribution in [1.82, 2.24) is 0 Å². The van der Waals surface area contributed by atoms with Crippen molar-refractivity contribution in [3.05, 3.63) is 28.5 Å². The van der Waals surface area contributed by atoms with Crippen molar-refractivity contribution in [2.24, 2.45) is 17.8 Å². The van der Waals surface area contributed by atoms with Gasteiger partial charge < -0.3 is 14.2 Å². The molecule has 3 nitrogen and oxygen atoms in total. The van der Waals surface area contributed by atoms with E-state index in [4.69, 9.17) is 21.1 Å². The van der Waals surface area contributed by atoms with Crippen LogP contribution < -0.4 is 4.74 Å². The van der Waals surface area contributed by atoms with Crippen molar-refractivity contribution in [1.29, 1.82) is 0 Å².